The van der Waals surface area contributed by atoms with Gasteiger partial charge in [-0.2, -0.15) is 5.26 Å². The Bertz CT molecular complexity index is 841. The van der Waals surface area contributed by atoms with Gasteiger partial charge in [0.25, 0.3) is 5.91 Å². The van der Waals surface area contributed by atoms with E-state index in [1.54, 1.807) is 25.3 Å². The number of amides is 1. The molecule has 1 N–H and O–H groups in total. The Kier molecular flexibility index (Phi) is 4.62. The molecule has 1 amide bonds. The molecule has 1 aliphatic rings. The van der Waals surface area contributed by atoms with Gasteiger partial charge < -0.3 is 14.8 Å². The van der Waals surface area contributed by atoms with E-state index in [2.05, 4.69) is 17.5 Å². The van der Waals surface area contributed by atoms with Gasteiger partial charge in [0.1, 0.15) is 17.0 Å². The van der Waals surface area contributed by atoms with E-state index < -0.39 is 5.54 Å². The zero-order valence-corrected chi connectivity index (χ0v) is 14.3. The Morgan fingerprint density at radius 2 is 1.92 bits per heavy atom. The number of benzene rings is 2. The standard InChI is InChI=1S/C20H20N2O3/c1-24-16-7-8-18(25-2)17(11-16)19(23)22-20(13-21)10-9-14-5-3-4-6-15(14)12-20/h3-8,11H,9-10,12H2,1-2H3,(H,22,23)/t20-/m0/s1. The molecule has 0 radical (unpaired) electrons. The lowest BCUT2D eigenvalue weighted by molar-refractivity contribution is 0.0910. The highest BCUT2D eigenvalue weighted by Crippen LogP contribution is 2.30. The van der Waals surface area contributed by atoms with E-state index in [0.29, 0.717) is 29.9 Å². The molecule has 0 spiro atoms. The molecule has 2 aromatic carbocycles. The Morgan fingerprint density at radius 3 is 2.60 bits per heavy atom. The number of aryl methyl sites for hydroxylation is 1. The van der Waals surface area contributed by atoms with Gasteiger partial charge in [-0.05, 0) is 42.2 Å². The molecule has 0 aromatic heterocycles. The van der Waals surface area contributed by atoms with E-state index in [1.807, 2.05) is 18.2 Å². The van der Waals surface area contributed by atoms with Crippen molar-refractivity contribution in [1.82, 2.24) is 5.32 Å². The van der Waals surface area contributed by atoms with E-state index in [1.165, 1.54) is 12.7 Å². The monoisotopic (exact) mass is 336 g/mol. The lowest BCUT2D eigenvalue weighted by Crippen LogP contribution is -2.51. The maximum atomic E-state index is 12.8. The minimum Gasteiger partial charge on any atom is -0.497 e. The van der Waals surface area contributed by atoms with Gasteiger partial charge in [-0.3, -0.25) is 4.79 Å². The van der Waals surface area contributed by atoms with Gasteiger partial charge in [-0.1, -0.05) is 24.3 Å². The second kappa shape index (κ2) is 6.86. The molecular weight excluding hydrogens is 316 g/mol. The molecule has 0 saturated carbocycles. The summed E-state index contributed by atoms with van der Waals surface area (Å²) in [5.74, 6) is 0.672. The number of nitriles is 1. The highest BCUT2D eigenvalue weighted by molar-refractivity contribution is 5.98. The van der Waals surface area contributed by atoms with Crippen LogP contribution in [0.15, 0.2) is 42.5 Å². The molecule has 1 aliphatic carbocycles. The van der Waals surface area contributed by atoms with E-state index in [4.69, 9.17) is 9.47 Å². The number of carbonyl (C=O) groups is 1. The maximum Gasteiger partial charge on any atom is 0.256 e. The van der Waals surface area contributed by atoms with Crippen molar-refractivity contribution in [2.75, 3.05) is 14.2 Å². The van der Waals surface area contributed by atoms with Crippen molar-refractivity contribution in [2.45, 2.75) is 24.8 Å². The third kappa shape index (κ3) is 3.29. The zero-order valence-electron chi connectivity index (χ0n) is 14.3. The summed E-state index contributed by atoms with van der Waals surface area (Å²) in [6.07, 6.45) is 1.84. The second-order valence-electron chi connectivity index (χ2n) is 6.16. The number of hydrogen-bond acceptors (Lipinski definition) is 4. The number of ether oxygens (including phenoxy) is 2. The van der Waals surface area contributed by atoms with Crippen LogP contribution in [0.3, 0.4) is 0 Å². The molecule has 0 fully saturated rings. The van der Waals surface area contributed by atoms with Crippen LogP contribution >= 0.6 is 0 Å². The molecule has 0 unspecified atom stereocenters. The van der Waals surface area contributed by atoms with Crippen LogP contribution in [0, 0.1) is 11.3 Å². The number of carbonyl (C=O) groups excluding carboxylic acids is 1. The number of methoxy groups -OCH3 is 2. The third-order valence-corrected chi connectivity index (χ3v) is 4.65. The second-order valence-corrected chi connectivity index (χ2v) is 6.16. The van der Waals surface area contributed by atoms with Gasteiger partial charge in [0.15, 0.2) is 0 Å². The van der Waals surface area contributed by atoms with Gasteiger partial charge in [0.2, 0.25) is 0 Å². The van der Waals surface area contributed by atoms with Crippen LogP contribution in [0.4, 0.5) is 0 Å². The normalized spacial score (nSPS) is 18.6. The first-order valence-electron chi connectivity index (χ1n) is 8.13. The van der Waals surface area contributed by atoms with Crippen LogP contribution in [0.5, 0.6) is 11.5 Å². The van der Waals surface area contributed by atoms with E-state index >= 15 is 0 Å². The molecule has 3 rings (SSSR count). The van der Waals surface area contributed by atoms with Crippen molar-refractivity contribution in [3.8, 4) is 17.6 Å². The van der Waals surface area contributed by atoms with E-state index in [-0.39, 0.29) is 5.91 Å². The van der Waals surface area contributed by atoms with Crippen molar-refractivity contribution >= 4 is 5.91 Å². The Labute approximate surface area is 147 Å². The molecule has 0 aliphatic heterocycles. The summed E-state index contributed by atoms with van der Waals surface area (Å²) in [7, 11) is 3.05. The van der Waals surface area contributed by atoms with Crippen molar-refractivity contribution in [3.05, 3.63) is 59.2 Å². The summed E-state index contributed by atoms with van der Waals surface area (Å²) in [4.78, 5) is 12.8. The van der Waals surface area contributed by atoms with Crippen LogP contribution in [0.25, 0.3) is 0 Å². The first kappa shape index (κ1) is 16.8. The van der Waals surface area contributed by atoms with Crippen LogP contribution < -0.4 is 14.8 Å². The van der Waals surface area contributed by atoms with E-state index in [0.717, 1.165) is 12.0 Å². The number of rotatable bonds is 4. The van der Waals surface area contributed by atoms with Crippen LogP contribution in [0.1, 0.15) is 27.9 Å². The predicted octanol–water partition coefficient (Wildman–Crippen LogP) is 2.88. The highest BCUT2D eigenvalue weighted by atomic mass is 16.5. The Morgan fingerprint density at radius 1 is 1.16 bits per heavy atom. The first-order valence-corrected chi connectivity index (χ1v) is 8.13. The molecule has 0 heterocycles. The summed E-state index contributed by atoms with van der Waals surface area (Å²) < 4.78 is 10.5. The summed E-state index contributed by atoms with van der Waals surface area (Å²) in [6, 6.07) is 15.4. The lowest BCUT2D eigenvalue weighted by Gasteiger charge is -2.33. The fourth-order valence-electron chi connectivity index (χ4n) is 3.24. The summed E-state index contributed by atoms with van der Waals surface area (Å²) in [6.45, 7) is 0. The molecule has 5 nitrogen and oxygen atoms in total. The van der Waals surface area contributed by atoms with Gasteiger partial charge in [-0.25, -0.2) is 0 Å². The van der Waals surface area contributed by atoms with E-state index in [9.17, 15) is 10.1 Å². The van der Waals surface area contributed by atoms with Gasteiger partial charge in [0.05, 0.1) is 25.9 Å². The zero-order chi connectivity index (χ0) is 17.9. The average molecular weight is 336 g/mol. The number of fused-ring (bicyclic) bond motifs is 1. The predicted molar refractivity (Wildman–Crippen MR) is 93.8 cm³/mol. The average Bonchev–Trinajstić information content (AvgIpc) is 2.67. The maximum absolute atomic E-state index is 12.8. The summed E-state index contributed by atoms with van der Waals surface area (Å²) in [5, 5.41) is 12.7. The molecule has 25 heavy (non-hydrogen) atoms. The van der Waals surface area contributed by atoms with Crippen molar-refractivity contribution < 1.29 is 14.3 Å². The molecule has 1 atom stereocenters. The largest absolute Gasteiger partial charge is 0.497 e. The Hall–Kier alpha value is -3.00. The Balaban J connectivity index is 1.88. The van der Waals surface area contributed by atoms with Crippen molar-refractivity contribution in [2.24, 2.45) is 0 Å². The fraction of sp³-hybridized carbons (Fsp3) is 0.300. The summed E-state index contributed by atoms with van der Waals surface area (Å²) in [5.41, 5.74) is 1.78. The van der Waals surface area contributed by atoms with Gasteiger partial charge in [0, 0.05) is 6.42 Å². The number of hydrogen-bond donors (Lipinski definition) is 1. The van der Waals surface area contributed by atoms with Crippen LogP contribution in [0.2, 0.25) is 0 Å². The van der Waals surface area contributed by atoms with Crippen LogP contribution in [-0.2, 0) is 12.8 Å². The number of nitrogens with zero attached hydrogens (tertiary/aromatic N) is 1. The lowest BCUT2D eigenvalue weighted by atomic mass is 9.78. The van der Waals surface area contributed by atoms with Crippen molar-refractivity contribution in [1.29, 1.82) is 5.26 Å². The highest BCUT2D eigenvalue weighted by Gasteiger charge is 2.36. The minimum atomic E-state index is -0.917. The van der Waals surface area contributed by atoms with Gasteiger partial charge >= 0.3 is 0 Å². The third-order valence-electron chi connectivity index (χ3n) is 4.65. The quantitative estimate of drug-likeness (QED) is 0.932. The first-order chi connectivity index (χ1) is 12.1. The molecule has 5 heteroatoms. The fourth-order valence-corrected chi connectivity index (χ4v) is 3.24. The molecular formula is C20H20N2O3. The number of nitrogens with one attached hydrogen (secondary N) is 1. The summed E-state index contributed by atoms with van der Waals surface area (Å²) >= 11 is 0. The minimum absolute atomic E-state index is 0.336. The smallest absolute Gasteiger partial charge is 0.256 e. The molecule has 0 saturated heterocycles. The van der Waals surface area contributed by atoms with Crippen LogP contribution in [-0.4, -0.2) is 25.7 Å². The SMILES string of the molecule is COc1ccc(OC)c(C(=O)N[C@@]2(C#N)CCc3ccccc3C2)c1. The molecule has 128 valence electrons. The molecule has 0 bridgehead atoms. The molecule has 2 aromatic rings. The van der Waals surface area contributed by atoms with Gasteiger partial charge in [-0.15, -0.1) is 0 Å². The van der Waals surface area contributed by atoms with Crippen molar-refractivity contribution in [3.63, 3.8) is 0 Å². The topological polar surface area (TPSA) is 71.3 Å².